The molecule has 1 heterocycles. The Balaban J connectivity index is 1.89. The van der Waals surface area contributed by atoms with Crippen molar-refractivity contribution < 1.29 is 0 Å². The van der Waals surface area contributed by atoms with E-state index < -0.39 is 0 Å². The molecule has 3 atom stereocenters. The van der Waals surface area contributed by atoms with Crippen LogP contribution in [0.25, 0.3) is 10.9 Å². The van der Waals surface area contributed by atoms with Crippen LogP contribution in [0.2, 0.25) is 0 Å². The Morgan fingerprint density at radius 2 is 2.11 bits per heavy atom. The first-order valence-corrected chi connectivity index (χ1v) is 6.84. The molecule has 0 radical (unpaired) electrons. The van der Waals surface area contributed by atoms with E-state index >= 15 is 0 Å². The maximum absolute atomic E-state index is 6.41. The van der Waals surface area contributed by atoms with Crippen LogP contribution in [-0.2, 0) is 0 Å². The normalized spacial score (nSPS) is 25.4. The van der Waals surface area contributed by atoms with Crippen molar-refractivity contribution in [3.63, 3.8) is 0 Å². The second-order valence-electron chi connectivity index (χ2n) is 5.67. The Hall–Kier alpha value is -1.41. The van der Waals surface area contributed by atoms with Crippen LogP contribution in [-0.4, -0.2) is 4.98 Å². The van der Waals surface area contributed by atoms with Gasteiger partial charge >= 0.3 is 0 Å². The molecule has 2 aromatic rings. The number of nitrogens with zero attached hydrogens (tertiary/aromatic N) is 1. The Morgan fingerprint density at radius 1 is 1.28 bits per heavy atom. The number of rotatable bonds is 2. The summed E-state index contributed by atoms with van der Waals surface area (Å²) in [5.41, 5.74) is 8.65. The van der Waals surface area contributed by atoms with Crippen LogP contribution in [0.1, 0.15) is 37.8 Å². The van der Waals surface area contributed by atoms with Gasteiger partial charge in [0.1, 0.15) is 0 Å². The number of aromatic nitrogens is 1. The molecule has 94 valence electrons. The van der Waals surface area contributed by atoms with E-state index in [0.717, 1.165) is 11.4 Å². The lowest BCUT2D eigenvalue weighted by Gasteiger charge is -2.19. The molecule has 0 aliphatic heterocycles. The predicted molar refractivity (Wildman–Crippen MR) is 75.2 cm³/mol. The largest absolute Gasteiger partial charge is 0.324 e. The summed E-state index contributed by atoms with van der Waals surface area (Å²) < 4.78 is 0. The van der Waals surface area contributed by atoms with E-state index in [1.807, 2.05) is 18.3 Å². The van der Waals surface area contributed by atoms with Gasteiger partial charge in [0.15, 0.2) is 0 Å². The van der Waals surface area contributed by atoms with Crippen LogP contribution in [0.4, 0.5) is 0 Å². The number of fused-ring (bicyclic) bond motifs is 1. The van der Waals surface area contributed by atoms with Crippen LogP contribution >= 0.6 is 0 Å². The summed E-state index contributed by atoms with van der Waals surface area (Å²) in [5, 5.41) is 1.19. The van der Waals surface area contributed by atoms with Gasteiger partial charge in [0.05, 0.1) is 5.52 Å². The molecule has 3 rings (SSSR count). The van der Waals surface area contributed by atoms with Gasteiger partial charge in [0, 0.05) is 17.6 Å². The van der Waals surface area contributed by atoms with E-state index in [9.17, 15) is 0 Å². The lowest BCUT2D eigenvalue weighted by Crippen LogP contribution is -2.19. The predicted octanol–water partition coefficient (Wildman–Crippen LogP) is 3.67. The molecule has 2 nitrogen and oxygen atoms in total. The highest BCUT2D eigenvalue weighted by Gasteiger charge is 2.27. The van der Waals surface area contributed by atoms with Crippen molar-refractivity contribution in [2.24, 2.45) is 17.6 Å². The summed E-state index contributed by atoms with van der Waals surface area (Å²) in [4.78, 5) is 4.51. The van der Waals surface area contributed by atoms with Crippen LogP contribution in [0.5, 0.6) is 0 Å². The molecular weight excluding hydrogens is 220 g/mol. The van der Waals surface area contributed by atoms with Crippen LogP contribution < -0.4 is 5.73 Å². The lowest BCUT2D eigenvalue weighted by atomic mass is 9.92. The zero-order chi connectivity index (χ0) is 12.5. The van der Waals surface area contributed by atoms with Crippen molar-refractivity contribution in [2.75, 3.05) is 0 Å². The summed E-state index contributed by atoms with van der Waals surface area (Å²) >= 11 is 0. The molecule has 2 N–H and O–H groups in total. The van der Waals surface area contributed by atoms with Crippen molar-refractivity contribution in [1.82, 2.24) is 4.98 Å². The van der Waals surface area contributed by atoms with Crippen molar-refractivity contribution >= 4 is 10.9 Å². The number of para-hydroxylation sites is 1. The molecule has 0 amide bonds. The third-order valence-corrected chi connectivity index (χ3v) is 4.24. The molecule has 1 aromatic carbocycles. The van der Waals surface area contributed by atoms with E-state index in [1.54, 1.807) is 0 Å². The van der Waals surface area contributed by atoms with E-state index in [2.05, 4.69) is 30.1 Å². The molecular formula is C16H20N2. The van der Waals surface area contributed by atoms with Gasteiger partial charge in [-0.25, -0.2) is 0 Å². The molecule has 0 spiro atoms. The average molecular weight is 240 g/mol. The van der Waals surface area contributed by atoms with Gasteiger partial charge in [-0.05, 0) is 42.4 Å². The van der Waals surface area contributed by atoms with Crippen LogP contribution in [0.3, 0.4) is 0 Å². The van der Waals surface area contributed by atoms with E-state index in [-0.39, 0.29) is 6.04 Å². The second-order valence-corrected chi connectivity index (χ2v) is 5.67. The summed E-state index contributed by atoms with van der Waals surface area (Å²) in [7, 11) is 0. The smallest absolute Gasteiger partial charge is 0.0702 e. The Labute approximate surface area is 108 Å². The van der Waals surface area contributed by atoms with Gasteiger partial charge in [-0.2, -0.15) is 0 Å². The van der Waals surface area contributed by atoms with E-state index in [0.29, 0.717) is 5.92 Å². The number of hydrogen-bond donors (Lipinski definition) is 1. The summed E-state index contributed by atoms with van der Waals surface area (Å²) in [6.45, 7) is 2.32. The first-order valence-electron chi connectivity index (χ1n) is 6.84. The molecule has 0 saturated heterocycles. The summed E-state index contributed by atoms with van der Waals surface area (Å²) in [6, 6.07) is 10.6. The first kappa shape index (κ1) is 11.7. The monoisotopic (exact) mass is 240 g/mol. The van der Waals surface area contributed by atoms with E-state index in [4.69, 9.17) is 5.73 Å². The lowest BCUT2D eigenvalue weighted by molar-refractivity contribution is 0.428. The number of benzene rings is 1. The van der Waals surface area contributed by atoms with Crippen molar-refractivity contribution in [3.8, 4) is 0 Å². The Kier molecular flexibility index (Phi) is 3.04. The van der Waals surface area contributed by atoms with Crippen molar-refractivity contribution in [3.05, 3.63) is 42.1 Å². The van der Waals surface area contributed by atoms with Crippen LogP contribution in [0, 0.1) is 11.8 Å². The molecule has 1 fully saturated rings. The molecule has 1 aliphatic rings. The zero-order valence-corrected chi connectivity index (χ0v) is 10.8. The maximum Gasteiger partial charge on any atom is 0.0702 e. The first-order chi connectivity index (χ1) is 8.74. The standard InChI is InChI=1S/C16H20N2/c1-11-6-7-13(8-11)16(17)14-9-12-4-2-3-5-15(12)18-10-14/h2-5,9-11,13,16H,6-8,17H2,1H3. The SMILES string of the molecule is CC1CCC(C(N)c2cnc3ccccc3c2)C1. The van der Waals surface area contributed by atoms with Crippen LogP contribution in [0.15, 0.2) is 36.5 Å². The fourth-order valence-electron chi connectivity index (χ4n) is 3.12. The maximum atomic E-state index is 6.41. The van der Waals surface area contributed by atoms with Crippen molar-refractivity contribution in [1.29, 1.82) is 0 Å². The van der Waals surface area contributed by atoms with Gasteiger partial charge in [0.2, 0.25) is 0 Å². The molecule has 2 heteroatoms. The van der Waals surface area contributed by atoms with Gasteiger partial charge in [-0.15, -0.1) is 0 Å². The average Bonchev–Trinajstić information content (AvgIpc) is 2.84. The topological polar surface area (TPSA) is 38.9 Å². The van der Waals surface area contributed by atoms with E-state index in [1.165, 1.54) is 30.2 Å². The minimum atomic E-state index is 0.145. The fourth-order valence-corrected chi connectivity index (χ4v) is 3.12. The number of pyridine rings is 1. The molecule has 1 aromatic heterocycles. The quantitative estimate of drug-likeness (QED) is 0.869. The highest BCUT2D eigenvalue weighted by atomic mass is 14.7. The second kappa shape index (κ2) is 4.69. The van der Waals surface area contributed by atoms with Gasteiger partial charge < -0.3 is 5.73 Å². The molecule has 3 unspecified atom stereocenters. The number of hydrogen-bond acceptors (Lipinski definition) is 2. The highest BCUT2D eigenvalue weighted by Crippen LogP contribution is 2.37. The highest BCUT2D eigenvalue weighted by molar-refractivity contribution is 5.78. The minimum absolute atomic E-state index is 0.145. The van der Waals surface area contributed by atoms with Gasteiger partial charge in [-0.3, -0.25) is 4.98 Å². The molecule has 1 saturated carbocycles. The Bertz CT molecular complexity index is 550. The Morgan fingerprint density at radius 3 is 2.89 bits per heavy atom. The van der Waals surface area contributed by atoms with Crippen molar-refractivity contribution in [2.45, 2.75) is 32.2 Å². The molecule has 1 aliphatic carbocycles. The summed E-state index contributed by atoms with van der Waals surface area (Å²) in [5.74, 6) is 1.46. The minimum Gasteiger partial charge on any atom is -0.324 e. The third-order valence-electron chi connectivity index (χ3n) is 4.24. The van der Waals surface area contributed by atoms with Gasteiger partial charge in [0.25, 0.3) is 0 Å². The summed E-state index contributed by atoms with van der Waals surface area (Å²) in [6.07, 6.45) is 5.79. The zero-order valence-electron chi connectivity index (χ0n) is 10.8. The fraction of sp³-hybridized carbons (Fsp3) is 0.438. The third kappa shape index (κ3) is 2.13. The number of nitrogens with two attached hydrogens (primary N) is 1. The van der Waals surface area contributed by atoms with Gasteiger partial charge in [-0.1, -0.05) is 31.5 Å². The molecule has 0 bridgehead atoms. The molecule has 18 heavy (non-hydrogen) atoms.